The van der Waals surface area contributed by atoms with Crippen LogP contribution >= 0.6 is 0 Å². The van der Waals surface area contributed by atoms with E-state index < -0.39 is 10.0 Å². The van der Waals surface area contributed by atoms with Crippen molar-refractivity contribution in [1.82, 2.24) is 24.3 Å². The van der Waals surface area contributed by atoms with Gasteiger partial charge in [0.25, 0.3) is 0 Å². The topological polar surface area (TPSA) is 124 Å². The summed E-state index contributed by atoms with van der Waals surface area (Å²) < 4.78 is 33.4. The van der Waals surface area contributed by atoms with E-state index in [0.717, 1.165) is 22.7 Å². The van der Waals surface area contributed by atoms with Crippen LogP contribution in [0.5, 0.6) is 5.75 Å². The van der Waals surface area contributed by atoms with Gasteiger partial charge in [-0.25, -0.2) is 27.6 Å². The Balaban J connectivity index is 1.44. The first-order valence-corrected chi connectivity index (χ1v) is 12.5. The Morgan fingerprint density at radius 2 is 1.94 bits per heavy atom. The number of nitrogens with two attached hydrogens (primary N) is 1. The Bertz CT molecular complexity index is 1400. The molecule has 1 fully saturated rings. The maximum Gasteiger partial charge on any atom is 0.208 e. The number of hydrogen-bond donors (Lipinski definition) is 2. The van der Waals surface area contributed by atoms with Crippen LogP contribution in [0.2, 0.25) is 0 Å². The van der Waals surface area contributed by atoms with Gasteiger partial charge in [-0.05, 0) is 30.5 Å². The smallest absolute Gasteiger partial charge is 0.208 e. The van der Waals surface area contributed by atoms with Crippen LogP contribution in [0.1, 0.15) is 30.1 Å². The number of rotatable bonds is 7. The highest BCUT2D eigenvalue weighted by Crippen LogP contribution is 2.39. The van der Waals surface area contributed by atoms with Gasteiger partial charge in [-0.15, -0.1) is 0 Å². The largest absolute Gasteiger partial charge is 0.489 e. The van der Waals surface area contributed by atoms with Gasteiger partial charge in [-0.2, -0.15) is 5.10 Å². The number of benzene rings is 2. The molecule has 0 atom stereocenters. The Labute approximate surface area is 191 Å². The summed E-state index contributed by atoms with van der Waals surface area (Å²) in [6.45, 7) is 0.460. The first kappa shape index (κ1) is 21.4. The van der Waals surface area contributed by atoms with Gasteiger partial charge in [0, 0.05) is 17.5 Å². The van der Waals surface area contributed by atoms with Crippen molar-refractivity contribution in [3.63, 3.8) is 0 Å². The lowest BCUT2D eigenvalue weighted by Gasteiger charge is -2.34. The summed E-state index contributed by atoms with van der Waals surface area (Å²) in [5.41, 5.74) is 9.45. The second-order valence-corrected chi connectivity index (χ2v) is 10.1. The molecular weight excluding hydrogens is 440 g/mol. The number of nitrogen functional groups attached to an aromatic ring is 1. The van der Waals surface area contributed by atoms with Crippen molar-refractivity contribution in [2.24, 2.45) is 0 Å². The highest BCUT2D eigenvalue weighted by atomic mass is 32.2. The summed E-state index contributed by atoms with van der Waals surface area (Å²) in [6, 6.07) is 17.5. The lowest BCUT2D eigenvalue weighted by atomic mass is 9.80. The van der Waals surface area contributed by atoms with Crippen molar-refractivity contribution in [2.75, 3.05) is 12.0 Å². The van der Waals surface area contributed by atoms with E-state index in [1.165, 1.54) is 12.6 Å². The summed E-state index contributed by atoms with van der Waals surface area (Å²) in [4.78, 5) is 9.04. The molecular formula is C23H24N6O3S. The summed E-state index contributed by atoms with van der Waals surface area (Å²) in [7, 11) is -3.24. The van der Waals surface area contributed by atoms with Gasteiger partial charge in [0.1, 0.15) is 35.7 Å². The molecule has 1 aliphatic rings. The minimum absolute atomic E-state index is 0.0670. The average molecular weight is 465 g/mol. The molecule has 170 valence electrons. The molecule has 0 spiro atoms. The van der Waals surface area contributed by atoms with E-state index in [4.69, 9.17) is 15.5 Å². The number of imidazole rings is 1. The average Bonchev–Trinajstić information content (AvgIpc) is 3.15. The molecule has 33 heavy (non-hydrogen) atoms. The van der Waals surface area contributed by atoms with Crippen molar-refractivity contribution in [3.8, 4) is 17.0 Å². The van der Waals surface area contributed by atoms with Crippen molar-refractivity contribution in [2.45, 2.75) is 31.4 Å². The number of fused-ring (bicyclic) bond motifs is 1. The van der Waals surface area contributed by atoms with E-state index in [1.807, 2.05) is 54.6 Å². The fraction of sp³-hybridized carbons (Fsp3) is 0.261. The SMILES string of the molecule is CS(=O)(=O)NC1CC(c2nc(-c3cccc(OCc4ccccc4)c3)c3c(N)ncnn23)C1. The second kappa shape index (κ2) is 8.45. The van der Waals surface area contributed by atoms with Crippen LogP contribution in [0.4, 0.5) is 5.82 Å². The van der Waals surface area contributed by atoms with Gasteiger partial charge >= 0.3 is 0 Å². The third kappa shape index (κ3) is 4.53. The highest BCUT2D eigenvalue weighted by Gasteiger charge is 2.36. The van der Waals surface area contributed by atoms with E-state index in [-0.39, 0.29) is 12.0 Å². The zero-order chi connectivity index (χ0) is 23.0. The van der Waals surface area contributed by atoms with E-state index in [0.29, 0.717) is 36.5 Å². The molecule has 2 heterocycles. The van der Waals surface area contributed by atoms with Crippen molar-refractivity contribution in [1.29, 1.82) is 0 Å². The Hall–Kier alpha value is -3.50. The predicted molar refractivity (Wildman–Crippen MR) is 125 cm³/mol. The molecule has 1 saturated carbocycles. The molecule has 10 heteroatoms. The molecule has 1 aliphatic carbocycles. The summed E-state index contributed by atoms with van der Waals surface area (Å²) in [5.74, 6) is 1.86. The fourth-order valence-corrected chi connectivity index (χ4v) is 4.94. The molecule has 0 aliphatic heterocycles. The predicted octanol–water partition coefficient (Wildman–Crippen LogP) is 2.75. The molecule has 0 radical (unpaired) electrons. The van der Waals surface area contributed by atoms with Crippen molar-refractivity contribution >= 4 is 21.4 Å². The number of hydrogen-bond acceptors (Lipinski definition) is 7. The van der Waals surface area contributed by atoms with Crippen LogP contribution < -0.4 is 15.2 Å². The first-order chi connectivity index (χ1) is 15.9. The lowest BCUT2D eigenvalue weighted by molar-refractivity contribution is 0.306. The quantitative estimate of drug-likeness (QED) is 0.431. The molecule has 2 aromatic carbocycles. The van der Waals surface area contributed by atoms with Gasteiger partial charge in [0.05, 0.1) is 6.26 Å². The monoisotopic (exact) mass is 464 g/mol. The number of ether oxygens (including phenoxy) is 1. The summed E-state index contributed by atoms with van der Waals surface area (Å²) >= 11 is 0. The maximum absolute atomic E-state index is 11.5. The van der Waals surface area contributed by atoms with Gasteiger partial charge in [0.2, 0.25) is 10.0 Å². The van der Waals surface area contributed by atoms with Crippen molar-refractivity contribution < 1.29 is 13.2 Å². The molecule has 2 aromatic heterocycles. The summed E-state index contributed by atoms with van der Waals surface area (Å²) in [6.07, 6.45) is 3.87. The van der Waals surface area contributed by atoms with Crippen LogP contribution in [0.3, 0.4) is 0 Å². The number of anilines is 1. The zero-order valence-corrected chi connectivity index (χ0v) is 18.9. The van der Waals surface area contributed by atoms with Gasteiger partial charge in [-0.1, -0.05) is 42.5 Å². The van der Waals surface area contributed by atoms with Crippen LogP contribution in [-0.2, 0) is 16.6 Å². The Kier molecular flexibility index (Phi) is 5.47. The fourth-order valence-electron chi connectivity index (χ4n) is 4.14. The van der Waals surface area contributed by atoms with Crippen LogP contribution in [0, 0.1) is 0 Å². The van der Waals surface area contributed by atoms with E-state index in [2.05, 4.69) is 14.8 Å². The van der Waals surface area contributed by atoms with E-state index >= 15 is 0 Å². The second-order valence-electron chi connectivity index (χ2n) is 8.28. The lowest BCUT2D eigenvalue weighted by Crippen LogP contribution is -2.43. The van der Waals surface area contributed by atoms with Crippen LogP contribution in [0.25, 0.3) is 16.8 Å². The van der Waals surface area contributed by atoms with Gasteiger partial charge in [0.15, 0.2) is 5.82 Å². The number of aromatic nitrogens is 4. The zero-order valence-electron chi connectivity index (χ0n) is 18.0. The Morgan fingerprint density at radius 1 is 1.15 bits per heavy atom. The molecule has 3 N–H and O–H groups in total. The number of nitrogens with one attached hydrogen (secondary N) is 1. The van der Waals surface area contributed by atoms with Crippen LogP contribution in [0.15, 0.2) is 60.9 Å². The van der Waals surface area contributed by atoms with Crippen molar-refractivity contribution in [3.05, 3.63) is 72.3 Å². The molecule has 4 aromatic rings. The van der Waals surface area contributed by atoms with Gasteiger partial charge < -0.3 is 10.5 Å². The summed E-state index contributed by atoms with van der Waals surface area (Å²) in [5, 5.41) is 4.38. The van der Waals surface area contributed by atoms with Gasteiger partial charge in [-0.3, -0.25) is 0 Å². The maximum atomic E-state index is 11.5. The van der Waals surface area contributed by atoms with Crippen LogP contribution in [-0.4, -0.2) is 40.3 Å². The normalized spacial score (nSPS) is 18.2. The first-order valence-electron chi connectivity index (χ1n) is 10.6. The molecule has 0 saturated heterocycles. The molecule has 5 rings (SSSR count). The molecule has 0 unspecified atom stereocenters. The number of sulfonamides is 1. The number of nitrogens with zero attached hydrogens (tertiary/aromatic N) is 4. The van der Waals surface area contributed by atoms with E-state index in [9.17, 15) is 8.42 Å². The molecule has 9 nitrogen and oxygen atoms in total. The van der Waals surface area contributed by atoms with E-state index in [1.54, 1.807) is 4.52 Å². The standard InChI is InChI=1S/C23H24N6O3S/c1-33(30,31)28-18-10-17(11-18)23-27-20(21-22(24)25-14-26-29(21)23)16-8-5-9-19(12-16)32-13-15-6-3-2-4-7-15/h2-9,12,14,17-18,28H,10-11,13H2,1H3,(H2,24,25,26). The third-order valence-electron chi connectivity index (χ3n) is 5.73. The minimum atomic E-state index is -3.24. The minimum Gasteiger partial charge on any atom is -0.489 e. The third-order valence-corrected chi connectivity index (χ3v) is 6.49. The molecule has 0 amide bonds. The Morgan fingerprint density at radius 3 is 2.70 bits per heavy atom. The molecule has 0 bridgehead atoms. The highest BCUT2D eigenvalue weighted by molar-refractivity contribution is 7.88.